The second-order valence-electron chi connectivity index (χ2n) is 11.1. The second kappa shape index (κ2) is 16.7. The van der Waals surface area contributed by atoms with Gasteiger partial charge in [0, 0.05) is 30.3 Å². The molecule has 19 heteroatoms. The first kappa shape index (κ1) is 36.4. The SMILES string of the molecule is CS(=O)(=O)c1cccc(C(=O)Nc2n[nH]c(-c3ccccn3)n2)c1.O=C(Nc1n[nH]c(-c2ccccn2)n1)c1ccc(=O)n(CCOc2ccccc2)n1. The monoisotopic (exact) mass is 746 g/mol. The molecule has 0 atom stereocenters. The number of ether oxygens (including phenoxy) is 1. The third-order valence-electron chi connectivity index (χ3n) is 7.18. The number of pyridine rings is 2. The van der Waals surface area contributed by atoms with Gasteiger partial charge in [0.1, 0.15) is 29.4 Å². The lowest BCUT2D eigenvalue weighted by Gasteiger charge is -2.08. The van der Waals surface area contributed by atoms with E-state index in [1.165, 1.54) is 41.1 Å². The number of amides is 2. The summed E-state index contributed by atoms with van der Waals surface area (Å²) in [6.45, 7) is 0.426. The first-order valence-electron chi connectivity index (χ1n) is 16.0. The molecule has 272 valence electrons. The normalized spacial score (nSPS) is 10.8. The molecule has 0 saturated carbocycles. The Morgan fingerprint density at radius 2 is 1.35 bits per heavy atom. The predicted molar refractivity (Wildman–Crippen MR) is 195 cm³/mol. The standard InChI is InChI=1S/C20H17N7O3.C15H13N5O3S/c28-17-10-9-16(26-27(17)12-13-30-14-6-2-1-3-7-14)19(29)23-20-22-18(24-25-20)15-8-4-5-11-21-15;1-24(22,23)11-6-4-5-10(9-11)14(21)18-15-17-13(19-20-15)12-7-2-3-8-16-12/h1-11H,12-13H2,(H2,22,23,24,25,29);2-9H,1H3,(H2,17,18,19,20,21). The summed E-state index contributed by atoms with van der Waals surface area (Å²) in [5, 5.41) is 22.4. The third-order valence-corrected chi connectivity index (χ3v) is 8.29. The quantitative estimate of drug-likeness (QED) is 0.149. The lowest BCUT2D eigenvalue weighted by molar-refractivity contribution is 0.101. The lowest BCUT2D eigenvalue weighted by Crippen LogP contribution is -2.28. The second-order valence-corrected chi connectivity index (χ2v) is 13.1. The fourth-order valence-electron chi connectivity index (χ4n) is 4.57. The van der Waals surface area contributed by atoms with E-state index in [9.17, 15) is 22.8 Å². The Balaban J connectivity index is 0.000000189. The van der Waals surface area contributed by atoms with Crippen molar-refractivity contribution in [2.75, 3.05) is 23.5 Å². The van der Waals surface area contributed by atoms with Crippen molar-refractivity contribution in [1.29, 1.82) is 0 Å². The predicted octanol–water partition coefficient (Wildman–Crippen LogP) is 3.28. The summed E-state index contributed by atoms with van der Waals surface area (Å²) in [4.78, 5) is 53.4. The number of carbonyl (C=O) groups is 2. The number of H-pyrrole nitrogens is 2. The molecule has 5 heterocycles. The van der Waals surface area contributed by atoms with Gasteiger partial charge >= 0.3 is 0 Å². The van der Waals surface area contributed by atoms with Gasteiger partial charge in [-0.05, 0) is 60.7 Å². The van der Waals surface area contributed by atoms with Gasteiger partial charge in [-0.25, -0.2) is 13.1 Å². The van der Waals surface area contributed by atoms with Crippen LogP contribution >= 0.6 is 0 Å². The first-order valence-corrected chi connectivity index (χ1v) is 17.9. The minimum atomic E-state index is -3.39. The minimum absolute atomic E-state index is 0.0542. The number of anilines is 2. The van der Waals surface area contributed by atoms with Crippen LogP contribution in [0, 0.1) is 0 Å². The summed E-state index contributed by atoms with van der Waals surface area (Å²) < 4.78 is 29.9. The number of hydrogen-bond donors (Lipinski definition) is 4. The van der Waals surface area contributed by atoms with E-state index >= 15 is 0 Å². The van der Waals surface area contributed by atoms with E-state index in [4.69, 9.17) is 4.74 Å². The maximum atomic E-state index is 12.5. The number of aromatic nitrogens is 10. The van der Waals surface area contributed by atoms with Gasteiger partial charge in [0.2, 0.25) is 11.9 Å². The summed E-state index contributed by atoms with van der Waals surface area (Å²) in [6.07, 6.45) is 4.33. The summed E-state index contributed by atoms with van der Waals surface area (Å²) in [5.74, 6) is 0.620. The molecule has 18 nitrogen and oxygen atoms in total. The van der Waals surface area contributed by atoms with Crippen LogP contribution in [0.1, 0.15) is 20.8 Å². The van der Waals surface area contributed by atoms with Crippen LogP contribution in [-0.2, 0) is 16.4 Å². The Hall–Kier alpha value is -7.41. The van der Waals surface area contributed by atoms with E-state index in [0.29, 0.717) is 28.8 Å². The van der Waals surface area contributed by atoms with Gasteiger partial charge in [0.05, 0.1) is 11.4 Å². The lowest BCUT2D eigenvalue weighted by atomic mass is 10.2. The average Bonchev–Trinajstić information content (AvgIpc) is 3.87. The molecule has 54 heavy (non-hydrogen) atoms. The highest BCUT2D eigenvalue weighted by atomic mass is 32.2. The maximum absolute atomic E-state index is 12.5. The maximum Gasteiger partial charge on any atom is 0.278 e. The highest BCUT2D eigenvalue weighted by molar-refractivity contribution is 7.90. The third kappa shape index (κ3) is 9.67. The Morgan fingerprint density at radius 3 is 1.94 bits per heavy atom. The van der Waals surface area contributed by atoms with Crippen LogP contribution in [0.15, 0.2) is 125 Å². The number of sulfone groups is 1. The van der Waals surface area contributed by atoms with Gasteiger partial charge in [0.15, 0.2) is 21.5 Å². The van der Waals surface area contributed by atoms with Crippen molar-refractivity contribution in [1.82, 2.24) is 50.1 Å². The van der Waals surface area contributed by atoms with Crippen LogP contribution in [0.25, 0.3) is 23.0 Å². The number of rotatable bonds is 11. The van der Waals surface area contributed by atoms with Gasteiger partial charge in [-0.2, -0.15) is 15.1 Å². The Labute approximate surface area is 306 Å². The number of nitrogens with one attached hydrogen (secondary N) is 4. The fraction of sp³-hybridized carbons (Fsp3) is 0.0857. The van der Waals surface area contributed by atoms with Crippen LogP contribution in [0.2, 0.25) is 0 Å². The van der Waals surface area contributed by atoms with Gasteiger partial charge in [-0.3, -0.25) is 45.2 Å². The molecule has 0 aliphatic rings. The molecule has 0 aliphatic carbocycles. The molecule has 0 unspecified atom stereocenters. The topological polar surface area (TPSA) is 245 Å². The number of benzene rings is 2. The molecule has 0 fully saturated rings. The molecule has 2 amide bonds. The largest absolute Gasteiger partial charge is 0.492 e. The molecule has 0 bridgehead atoms. The minimum Gasteiger partial charge on any atom is -0.492 e. The van der Waals surface area contributed by atoms with Crippen molar-refractivity contribution in [3.8, 4) is 28.8 Å². The number of aromatic amines is 2. The van der Waals surface area contributed by atoms with Crippen molar-refractivity contribution < 1.29 is 22.7 Å². The molecule has 5 aromatic heterocycles. The van der Waals surface area contributed by atoms with Crippen LogP contribution in [0.3, 0.4) is 0 Å². The van der Waals surface area contributed by atoms with Gasteiger partial charge in [-0.1, -0.05) is 36.4 Å². The number of nitrogens with zero attached hydrogens (tertiary/aromatic N) is 8. The van der Waals surface area contributed by atoms with E-state index in [1.807, 2.05) is 36.4 Å². The summed E-state index contributed by atoms with van der Waals surface area (Å²) >= 11 is 0. The van der Waals surface area contributed by atoms with Crippen molar-refractivity contribution in [3.63, 3.8) is 0 Å². The summed E-state index contributed by atoms with van der Waals surface area (Å²) in [5.41, 5.74) is 1.10. The van der Waals surface area contributed by atoms with Crippen molar-refractivity contribution >= 4 is 33.5 Å². The van der Waals surface area contributed by atoms with E-state index in [0.717, 1.165) is 6.26 Å². The van der Waals surface area contributed by atoms with Crippen LogP contribution in [0.5, 0.6) is 5.75 Å². The van der Waals surface area contributed by atoms with E-state index in [-0.39, 0.29) is 46.8 Å². The fourth-order valence-corrected chi connectivity index (χ4v) is 5.24. The van der Waals surface area contributed by atoms with Crippen molar-refractivity contribution in [3.05, 3.63) is 137 Å². The molecule has 7 rings (SSSR count). The zero-order valence-electron chi connectivity index (χ0n) is 28.3. The van der Waals surface area contributed by atoms with E-state index in [1.54, 1.807) is 42.7 Å². The molecule has 7 aromatic rings. The molecule has 0 spiro atoms. The highest BCUT2D eigenvalue weighted by Gasteiger charge is 2.16. The zero-order chi connectivity index (χ0) is 37.9. The van der Waals surface area contributed by atoms with Crippen LogP contribution < -0.4 is 20.9 Å². The summed E-state index contributed by atoms with van der Waals surface area (Å²) in [6, 6.07) is 28.3. The van der Waals surface area contributed by atoms with Gasteiger partial charge in [-0.15, -0.1) is 10.2 Å². The number of hydrogen-bond acceptors (Lipinski definition) is 13. The Kier molecular flexibility index (Phi) is 11.3. The molecule has 4 N–H and O–H groups in total. The molecule has 0 radical (unpaired) electrons. The van der Waals surface area contributed by atoms with Crippen LogP contribution in [-0.4, -0.2) is 83.2 Å². The highest BCUT2D eigenvalue weighted by Crippen LogP contribution is 2.16. The Morgan fingerprint density at radius 1 is 0.741 bits per heavy atom. The smallest absolute Gasteiger partial charge is 0.278 e. The van der Waals surface area contributed by atoms with E-state index in [2.05, 4.69) is 56.1 Å². The zero-order valence-corrected chi connectivity index (χ0v) is 29.1. The number of carbonyl (C=O) groups excluding carboxylic acids is 2. The first-order chi connectivity index (χ1) is 26.1. The van der Waals surface area contributed by atoms with Gasteiger partial charge in [0.25, 0.3) is 17.4 Å². The van der Waals surface area contributed by atoms with Crippen LogP contribution in [0.4, 0.5) is 11.9 Å². The molecule has 0 saturated heterocycles. The van der Waals surface area contributed by atoms with Crippen molar-refractivity contribution in [2.45, 2.75) is 11.4 Å². The van der Waals surface area contributed by atoms with E-state index < -0.39 is 21.7 Å². The summed E-state index contributed by atoms with van der Waals surface area (Å²) in [7, 11) is -3.39. The molecular weight excluding hydrogens is 717 g/mol. The molecule has 0 aliphatic heterocycles. The van der Waals surface area contributed by atoms with Crippen molar-refractivity contribution in [2.24, 2.45) is 0 Å². The molecular formula is C35H30N12O6S. The van der Waals surface area contributed by atoms with Gasteiger partial charge < -0.3 is 4.74 Å². The number of para-hydroxylation sites is 1. The molecule has 2 aromatic carbocycles. The Bertz CT molecular complexity index is 2530. The average molecular weight is 747 g/mol.